The lowest BCUT2D eigenvalue weighted by Gasteiger charge is -1.90. The Labute approximate surface area is 61.9 Å². The van der Waals surface area contributed by atoms with E-state index in [1.807, 2.05) is 20.8 Å². The zero-order chi connectivity index (χ0) is 8.57. The standard InChI is InChI=1S/C6H10F2.C2H6/c1-3-4-6(8)5(2)7;1-2/h3-4H2,1-2H3;1-2H3/b6-5+;. The van der Waals surface area contributed by atoms with E-state index in [-0.39, 0.29) is 6.42 Å². The van der Waals surface area contributed by atoms with Gasteiger partial charge < -0.3 is 0 Å². The number of hydrogen-bond donors (Lipinski definition) is 0. The largest absolute Gasteiger partial charge is 0.209 e. The van der Waals surface area contributed by atoms with Crippen molar-refractivity contribution in [3.63, 3.8) is 0 Å². The van der Waals surface area contributed by atoms with Crippen LogP contribution in [0.1, 0.15) is 40.5 Å². The first kappa shape index (κ1) is 12.3. The van der Waals surface area contributed by atoms with E-state index >= 15 is 0 Å². The Morgan fingerprint density at radius 1 is 1.20 bits per heavy atom. The molecule has 0 aromatic carbocycles. The summed E-state index contributed by atoms with van der Waals surface area (Å²) in [6.07, 6.45) is 0.884. The van der Waals surface area contributed by atoms with Gasteiger partial charge >= 0.3 is 0 Å². The quantitative estimate of drug-likeness (QED) is 0.558. The van der Waals surface area contributed by atoms with Crippen LogP contribution in [0.2, 0.25) is 0 Å². The second kappa shape index (κ2) is 8.60. The Hall–Kier alpha value is -0.400. The second-order valence-corrected chi connectivity index (χ2v) is 1.69. The van der Waals surface area contributed by atoms with Gasteiger partial charge in [-0.1, -0.05) is 20.8 Å². The predicted octanol–water partition coefficient (Wildman–Crippen LogP) is 3.98. The molecule has 0 rings (SSSR count). The molecule has 0 nitrogen and oxygen atoms in total. The molecule has 0 spiro atoms. The highest BCUT2D eigenvalue weighted by Crippen LogP contribution is 2.12. The van der Waals surface area contributed by atoms with Crippen molar-refractivity contribution in [3.8, 4) is 0 Å². The summed E-state index contributed by atoms with van der Waals surface area (Å²) in [5.41, 5.74) is 0. The van der Waals surface area contributed by atoms with E-state index < -0.39 is 11.7 Å². The molecule has 0 unspecified atom stereocenters. The molecule has 0 aliphatic heterocycles. The molecular weight excluding hydrogens is 134 g/mol. The van der Waals surface area contributed by atoms with Crippen LogP contribution in [0, 0.1) is 0 Å². The highest BCUT2D eigenvalue weighted by molar-refractivity contribution is 4.95. The van der Waals surface area contributed by atoms with Crippen molar-refractivity contribution in [1.82, 2.24) is 0 Å². The minimum absolute atomic E-state index is 0.225. The summed E-state index contributed by atoms with van der Waals surface area (Å²) in [5, 5.41) is 0. The molecule has 0 aromatic rings. The fourth-order valence-electron chi connectivity index (χ4n) is 0.392. The summed E-state index contributed by atoms with van der Waals surface area (Å²) in [5.74, 6) is -1.31. The first-order valence-electron chi connectivity index (χ1n) is 3.69. The third-order valence-electron chi connectivity index (χ3n) is 0.843. The van der Waals surface area contributed by atoms with Gasteiger partial charge in [0, 0.05) is 6.42 Å². The third kappa shape index (κ3) is 7.60. The van der Waals surface area contributed by atoms with Gasteiger partial charge in [0.05, 0.1) is 0 Å². The maximum atomic E-state index is 12.0. The fourth-order valence-corrected chi connectivity index (χ4v) is 0.392. The number of allylic oxidation sites excluding steroid dienone is 2. The van der Waals surface area contributed by atoms with Crippen molar-refractivity contribution in [2.24, 2.45) is 0 Å². The fraction of sp³-hybridized carbons (Fsp3) is 0.750. The Balaban J connectivity index is 0. The van der Waals surface area contributed by atoms with Gasteiger partial charge in [0.15, 0.2) is 0 Å². The SMILES string of the molecule is CC.CCC/C(F)=C(/C)F. The molecule has 0 aliphatic rings. The maximum Gasteiger partial charge on any atom is 0.131 e. The lowest BCUT2D eigenvalue weighted by molar-refractivity contribution is 0.507. The summed E-state index contributed by atoms with van der Waals surface area (Å²) in [4.78, 5) is 0. The van der Waals surface area contributed by atoms with Gasteiger partial charge in [-0.15, -0.1) is 0 Å². The van der Waals surface area contributed by atoms with E-state index in [4.69, 9.17) is 0 Å². The summed E-state index contributed by atoms with van der Waals surface area (Å²) in [7, 11) is 0. The average Bonchev–Trinajstić information content (AvgIpc) is 1.93. The van der Waals surface area contributed by atoms with E-state index in [9.17, 15) is 8.78 Å². The van der Waals surface area contributed by atoms with E-state index in [1.165, 1.54) is 0 Å². The molecule has 2 heteroatoms. The van der Waals surface area contributed by atoms with Gasteiger partial charge in [0.25, 0.3) is 0 Å². The highest BCUT2D eigenvalue weighted by atomic mass is 19.2. The van der Waals surface area contributed by atoms with E-state index in [0.29, 0.717) is 6.42 Å². The lowest BCUT2D eigenvalue weighted by atomic mass is 10.3. The van der Waals surface area contributed by atoms with Crippen molar-refractivity contribution in [1.29, 1.82) is 0 Å². The molecule has 0 aliphatic carbocycles. The van der Waals surface area contributed by atoms with Crippen LogP contribution in [0.15, 0.2) is 11.7 Å². The van der Waals surface area contributed by atoms with Gasteiger partial charge in [0.1, 0.15) is 11.7 Å². The number of rotatable bonds is 2. The van der Waals surface area contributed by atoms with Crippen molar-refractivity contribution in [3.05, 3.63) is 11.7 Å². The molecule has 0 atom stereocenters. The first-order valence-corrected chi connectivity index (χ1v) is 3.69. The number of halogens is 2. The van der Waals surface area contributed by atoms with Crippen molar-refractivity contribution >= 4 is 0 Å². The molecular formula is C8H16F2. The Morgan fingerprint density at radius 3 is 1.70 bits per heavy atom. The normalized spacial score (nSPS) is 11.4. The van der Waals surface area contributed by atoms with Gasteiger partial charge in [-0.3, -0.25) is 0 Å². The molecule has 0 fully saturated rings. The molecule has 0 heterocycles. The predicted molar refractivity (Wildman–Crippen MR) is 41.2 cm³/mol. The summed E-state index contributed by atoms with van der Waals surface area (Å²) < 4.78 is 23.8. The molecule has 0 bridgehead atoms. The maximum absolute atomic E-state index is 12.0. The van der Waals surface area contributed by atoms with Gasteiger partial charge in [-0.25, -0.2) is 8.78 Å². The molecule has 0 radical (unpaired) electrons. The summed E-state index contributed by atoms with van der Waals surface area (Å²) >= 11 is 0. The Bertz CT molecular complexity index is 91.4. The smallest absolute Gasteiger partial charge is 0.131 e. The zero-order valence-electron chi connectivity index (χ0n) is 7.17. The van der Waals surface area contributed by atoms with Gasteiger partial charge in [-0.2, -0.15) is 0 Å². The van der Waals surface area contributed by atoms with Gasteiger partial charge in [0.2, 0.25) is 0 Å². The van der Waals surface area contributed by atoms with E-state index in [1.54, 1.807) is 0 Å². The van der Waals surface area contributed by atoms with Crippen LogP contribution in [0.3, 0.4) is 0 Å². The van der Waals surface area contributed by atoms with Crippen LogP contribution >= 0.6 is 0 Å². The molecule has 0 amide bonds. The first-order chi connectivity index (χ1) is 4.68. The minimum Gasteiger partial charge on any atom is -0.209 e. The van der Waals surface area contributed by atoms with Crippen LogP contribution in [0.25, 0.3) is 0 Å². The summed E-state index contributed by atoms with van der Waals surface area (Å²) in [6, 6.07) is 0. The number of hydrogen-bond acceptors (Lipinski definition) is 0. The summed E-state index contributed by atoms with van der Waals surface area (Å²) in [6.45, 7) is 6.94. The second-order valence-electron chi connectivity index (χ2n) is 1.69. The minimum atomic E-state index is -0.688. The third-order valence-corrected chi connectivity index (χ3v) is 0.843. The molecule has 10 heavy (non-hydrogen) atoms. The van der Waals surface area contributed by atoms with Crippen molar-refractivity contribution in [2.75, 3.05) is 0 Å². The van der Waals surface area contributed by atoms with E-state index in [0.717, 1.165) is 6.92 Å². The molecule has 0 saturated carbocycles. The van der Waals surface area contributed by atoms with Crippen molar-refractivity contribution < 1.29 is 8.78 Å². The molecule has 0 aromatic heterocycles. The molecule has 62 valence electrons. The highest BCUT2D eigenvalue weighted by Gasteiger charge is 1.96. The Kier molecular flexibility index (Phi) is 10.6. The Morgan fingerprint density at radius 2 is 1.60 bits per heavy atom. The van der Waals surface area contributed by atoms with Crippen LogP contribution in [-0.4, -0.2) is 0 Å². The van der Waals surface area contributed by atoms with Crippen LogP contribution in [-0.2, 0) is 0 Å². The molecule has 0 saturated heterocycles. The van der Waals surface area contributed by atoms with Crippen LogP contribution < -0.4 is 0 Å². The zero-order valence-corrected chi connectivity index (χ0v) is 7.17. The van der Waals surface area contributed by atoms with E-state index in [2.05, 4.69) is 0 Å². The van der Waals surface area contributed by atoms with Crippen LogP contribution in [0.5, 0.6) is 0 Å². The average molecular weight is 150 g/mol. The van der Waals surface area contributed by atoms with Crippen molar-refractivity contribution in [2.45, 2.75) is 40.5 Å². The van der Waals surface area contributed by atoms with Gasteiger partial charge in [-0.05, 0) is 13.3 Å². The monoisotopic (exact) mass is 150 g/mol. The topological polar surface area (TPSA) is 0 Å². The lowest BCUT2D eigenvalue weighted by Crippen LogP contribution is -1.74. The molecule has 0 N–H and O–H groups in total. The van der Waals surface area contributed by atoms with Crippen LogP contribution in [0.4, 0.5) is 8.78 Å².